The first-order valence-electron chi connectivity index (χ1n) is 5.65. The summed E-state index contributed by atoms with van der Waals surface area (Å²) in [6.07, 6.45) is 4.29. The van der Waals surface area contributed by atoms with E-state index in [2.05, 4.69) is 33.5 Å². The molecule has 0 saturated heterocycles. The van der Waals surface area contributed by atoms with Gasteiger partial charge in [0.2, 0.25) is 0 Å². The Morgan fingerprint density at radius 1 is 1.41 bits per heavy atom. The van der Waals surface area contributed by atoms with Gasteiger partial charge in [-0.05, 0) is 53.7 Å². The van der Waals surface area contributed by atoms with Crippen LogP contribution in [0.3, 0.4) is 0 Å². The molecule has 0 bridgehead atoms. The van der Waals surface area contributed by atoms with Crippen LogP contribution in [0.5, 0.6) is 0 Å². The van der Waals surface area contributed by atoms with E-state index < -0.39 is 0 Å². The van der Waals surface area contributed by atoms with Crippen LogP contribution in [-0.4, -0.2) is 6.03 Å². The number of rotatable bonds is 3. The first-order valence-corrected chi connectivity index (χ1v) is 6.45. The van der Waals surface area contributed by atoms with E-state index in [4.69, 9.17) is 0 Å². The fourth-order valence-corrected chi connectivity index (χ4v) is 1.94. The minimum atomic E-state index is -0.211. The highest BCUT2D eigenvalue weighted by molar-refractivity contribution is 9.10. The molecule has 0 spiro atoms. The Bertz CT molecular complexity index is 452. The zero-order chi connectivity index (χ0) is 12.3. The monoisotopic (exact) mass is 294 g/mol. The summed E-state index contributed by atoms with van der Waals surface area (Å²) >= 11 is 3.38. The molecule has 4 heteroatoms. The van der Waals surface area contributed by atoms with Crippen molar-refractivity contribution < 1.29 is 4.79 Å². The number of allylic oxidation sites excluding steroid dienone is 1. The van der Waals surface area contributed by atoms with Gasteiger partial charge in [-0.1, -0.05) is 17.7 Å². The van der Waals surface area contributed by atoms with Gasteiger partial charge in [0.25, 0.3) is 0 Å². The first kappa shape index (κ1) is 12.2. The predicted molar refractivity (Wildman–Crippen MR) is 72.8 cm³/mol. The Morgan fingerprint density at radius 3 is 2.76 bits per heavy atom. The Labute approximate surface area is 109 Å². The summed E-state index contributed by atoms with van der Waals surface area (Å²) in [5.41, 5.74) is 2.01. The average Bonchev–Trinajstić information content (AvgIpc) is 3.13. The number of amides is 2. The molecule has 1 aromatic carbocycles. The molecule has 1 saturated carbocycles. The van der Waals surface area contributed by atoms with E-state index in [1.807, 2.05) is 24.3 Å². The minimum absolute atomic E-state index is 0.211. The molecule has 1 aliphatic rings. The van der Waals surface area contributed by atoms with Crippen LogP contribution in [0.2, 0.25) is 0 Å². The molecule has 90 valence electrons. The van der Waals surface area contributed by atoms with Gasteiger partial charge in [-0.3, -0.25) is 0 Å². The third-order valence-electron chi connectivity index (χ3n) is 2.77. The standard InChI is InChI=1S/C13H15BrN2O/c1-9(10-6-7-10)8-15-13(17)16-12-5-3-2-4-11(12)14/h2-5,8,10H,6-7H2,1H3,(H2,15,16,17)/b9-8+. The van der Waals surface area contributed by atoms with Gasteiger partial charge < -0.3 is 10.6 Å². The van der Waals surface area contributed by atoms with Gasteiger partial charge in [0.1, 0.15) is 0 Å². The van der Waals surface area contributed by atoms with E-state index in [9.17, 15) is 4.79 Å². The zero-order valence-electron chi connectivity index (χ0n) is 9.66. The molecule has 0 aromatic heterocycles. The Kier molecular flexibility index (Phi) is 3.84. The van der Waals surface area contributed by atoms with Crippen LogP contribution in [0, 0.1) is 5.92 Å². The van der Waals surface area contributed by atoms with Crippen molar-refractivity contribution >= 4 is 27.6 Å². The van der Waals surface area contributed by atoms with Gasteiger partial charge in [-0.15, -0.1) is 0 Å². The van der Waals surface area contributed by atoms with Gasteiger partial charge in [0.05, 0.1) is 5.69 Å². The molecule has 1 aromatic rings. The van der Waals surface area contributed by atoms with Crippen LogP contribution in [0.15, 0.2) is 40.5 Å². The van der Waals surface area contributed by atoms with Gasteiger partial charge in [0.15, 0.2) is 0 Å². The van der Waals surface area contributed by atoms with Crippen LogP contribution in [0.1, 0.15) is 19.8 Å². The lowest BCUT2D eigenvalue weighted by Gasteiger charge is -2.07. The lowest BCUT2D eigenvalue weighted by molar-refractivity contribution is 0.255. The maximum Gasteiger partial charge on any atom is 0.323 e. The van der Waals surface area contributed by atoms with Crippen molar-refractivity contribution in [2.24, 2.45) is 5.92 Å². The molecule has 0 unspecified atom stereocenters. The maximum atomic E-state index is 11.6. The fourth-order valence-electron chi connectivity index (χ4n) is 1.56. The van der Waals surface area contributed by atoms with Gasteiger partial charge >= 0.3 is 6.03 Å². The van der Waals surface area contributed by atoms with Gasteiger partial charge in [-0.2, -0.15) is 0 Å². The van der Waals surface area contributed by atoms with Crippen molar-refractivity contribution in [3.05, 3.63) is 40.5 Å². The molecule has 2 N–H and O–H groups in total. The summed E-state index contributed by atoms with van der Waals surface area (Å²) in [6.45, 7) is 2.05. The summed E-state index contributed by atoms with van der Waals surface area (Å²) in [6, 6.07) is 7.31. The number of hydrogen-bond donors (Lipinski definition) is 2. The topological polar surface area (TPSA) is 41.1 Å². The summed E-state index contributed by atoms with van der Waals surface area (Å²) in [5, 5.41) is 5.53. The molecular weight excluding hydrogens is 280 g/mol. The molecule has 2 amide bonds. The molecule has 1 fully saturated rings. The normalized spacial score (nSPS) is 15.5. The highest BCUT2D eigenvalue weighted by Gasteiger charge is 2.22. The van der Waals surface area contributed by atoms with Crippen molar-refractivity contribution in [3.8, 4) is 0 Å². The number of hydrogen-bond acceptors (Lipinski definition) is 1. The highest BCUT2D eigenvalue weighted by atomic mass is 79.9. The average molecular weight is 295 g/mol. The van der Waals surface area contributed by atoms with E-state index in [1.54, 1.807) is 6.20 Å². The van der Waals surface area contributed by atoms with E-state index in [-0.39, 0.29) is 6.03 Å². The third-order valence-corrected chi connectivity index (χ3v) is 3.47. The highest BCUT2D eigenvalue weighted by Crippen LogP contribution is 2.35. The summed E-state index contributed by atoms with van der Waals surface area (Å²) in [4.78, 5) is 11.6. The number of para-hydroxylation sites is 1. The van der Waals surface area contributed by atoms with Crippen LogP contribution in [0.4, 0.5) is 10.5 Å². The zero-order valence-corrected chi connectivity index (χ0v) is 11.3. The van der Waals surface area contributed by atoms with Gasteiger partial charge in [-0.25, -0.2) is 4.79 Å². The molecular formula is C13H15BrN2O. The van der Waals surface area contributed by atoms with Crippen molar-refractivity contribution in [3.63, 3.8) is 0 Å². The minimum Gasteiger partial charge on any atom is -0.314 e. The quantitative estimate of drug-likeness (QED) is 0.873. The van der Waals surface area contributed by atoms with E-state index >= 15 is 0 Å². The van der Waals surface area contributed by atoms with Crippen molar-refractivity contribution in [1.29, 1.82) is 0 Å². The van der Waals surface area contributed by atoms with E-state index in [0.717, 1.165) is 10.2 Å². The lowest BCUT2D eigenvalue weighted by atomic mass is 10.2. The number of halogens is 1. The number of urea groups is 1. The molecule has 0 heterocycles. The first-order chi connectivity index (χ1) is 8.16. The predicted octanol–water partition coefficient (Wildman–Crippen LogP) is 3.88. The fraction of sp³-hybridized carbons (Fsp3) is 0.308. The SMILES string of the molecule is C/C(=C\NC(=O)Nc1ccccc1Br)C1CC1. The lowest BCUT2D eigenvalue weighted by Crippen LogP contribution is -2.24. The smallest absolute Gasteiger partial charge is 0.314 e. The van der Waals surface area contributed by atoms with Crippen LogP contribution >= 0.6 is 15.9 Å². The molecule has 1 aliphatic carbocycles. The van der Waals surface area contributed by atoms with Crippen LogP contribution < -0.4 is 10.6 Å². The molecule has 0 atom stereocenters. The third kappa shape index (κ3) is 3.60. The second-order valence-electron chi connectivity index (χ2n) is 4.24. The number of carbonyl (C=O) groups is 1. The Morgan fingerprint density at radius 2 is 2.12 bits per heavy atom. The number of carbonyl (C=O) groups excluding carboxylic acids is 1. The molecule has 0 aliphatic heterocycles. The number of anilines is 1. The Balaban J connectivity index is 1.89. The molecule has 2 rings (SSSR count). The molecule has 17 heavy (non-hydrogen) atoms. The second-order valence-corrected chi connectivity index (χ2v) is 5.10. The summed E-state index contributed by atoms with van der Waals surface area (Å²) in [5.74, 6) is 0.679. The van der Waals surface area contributed by atoms with Crippen molar-refractivity contribution in [2.75, 3.05) is 5.32 Å². The van der Waals surface area contributed by atoms with Gasteiger partial charge in [0, 0.05) is 10.7 Å². The molecule has 0 radical (unpaired) electrons. The Hall–Kier alpha value is -1.29. The second kappa shape index (κ2) is 5.36. The van der Waals surface area contributed by atoms with Crippen molar-refractivity contribution in [1.82, 2.24) is 5.32 Å². The summed E-state index contributed by atoms with van der Waals surface area (Å²) < 4.78 is 0.873. The maximum absolute atomic E-state index is 11.6. The van der Waals surface area contributed by atoms with E-state index in [1.165, 1.54) is 18.4 Å². The number of nitrogens with one attached hydrogen (secondary N) is 2. The van der Waals surface area contributed by atoms with Crippen LogP contribution in [-0.2, 0) is 0 Å². The number of benzene rings is 1. The van der Waals surface area contributed by atoms with Crippen molar-refractivity contribution in [2.45, 2.75) is 19.8 Å². The van der Waals surface area contributed by atoms with Crippen LogP contribution in [0.25, 0.3) is 0 Å². The molecule has 3 nitrogen and oxygen atoms in total. The largest absolute Gasteiger partial charge is 0.323 e. The summed E-state index contributed by atoms with van der Waals surface area (Å²) in [7, 11) is 0. The van der Waals surface area contributed by atoms with E-state index in [0.29, 0.717) is 5.92 Å².